The van der Waals surface area contributed by atoms with E-state index in [9.17, 15) is 4.79 Å². The zero-order chi connectivity index (χ0) is 20.8. The molecule has 0 saturated carbocycles. The lowest BCUT2D eigenvalue weighted by atomic mass is 10.0. The van der Waals surface area contributed by atoms with E-state index in [0.29, 0.717) is 33.9 Å². The van der Waals surface area contributed by atoms with Gasteiger partial charge in [0.1, 0.15) is 11.5 Å². The standard InChI is InChI=1S/C24H24ClNO3/c1-16(2)20-11-7-8-12-22(20)28-17(3)24(27)26-21-15-18(25)13-14-23(21)29-19-9-5-4-6-10-19/h4-17H,1-3H3,(H,26,27). The lowest BCUT2D eigenvalue weighted by Crippen LogP contribution is -2.30. The molecule has 29 heavy (non-hydrogen) atoms. The Labute approximate surface area is 176 Å². The minimum Gasteiger partial charge on any atom is -0.481 e. The molecule has 150 valence electrons. The van der Waals surface area contributed by atoms with Crippen molar-refractivity contribution in [1.82, 2.24) is 0 Å². The van der Waals surface area contributed by atoms with Gasteiger partial charge in [0.05, 0.1) is 5.69 Å². The van der Waals surface area contributed by atoms with Crippen LogP contribution in [0.25, 0.3) is 0 Å². The fourth-order valence-corrected chi connectivity index (χ4v) is 3.02. The topological polar surface area (TPSA) is 47.6 Å². The number of amides is 1. The van der Waals surface area contributed by atoms with Crippen LogP contribution in [0.4, 0.5) is 5.69 Å². The predicted molar refractivity (Wildman–Crippen MR) is 117 cm³/mol. The largest absolute Gasteiger partial charge is 0.481 e. The Morgan fingerprint density at radius 2 is 1.59 bits per heavy atom. The second-order valence-electron chi connectivity index (χ2n) is 7.00. The van der Waals surface area contributed by atoms with Gasteiger partial charge in [-0.2, -0.15) is 0 Å². The van der Waals surface area contributed by atoms with Crippen LogP contribution in [0.15, 0.2) is 72.8 Å². The van der Waals surface area contributed by atoms with Crippen molar-refractivity contribution < 1.29 is 14.3 Å². The first-order valence-electron chi connectivity index (χ1n) is 9.53. The van der Waals surface area contributed by atoms with Gasteiger partial charge in [0, 0.05) is 5.02 Å². The third kappa shape index (κ3) is 5.52. The Kier molecular flexibility index (Phi) is 6.78. The van der Waals surface area contributed by atoms with Gasteiger partial charge in [-0.1, -0.05) is 61.8 Å². The van der Waals surface area contributed by atoms with Gasteiger partial charge < -0.3 is 14.8 Å². The molecule has 0 spiro atoms. The van der Waals surface area contributed by atoms with E-state index in [1.165, 1.54) is 0 Å². The molecule has 0 aliphatic heterocycles. The zero-order valence-electron chi connectivity index (χ0n) is 16.7. The predicted octanol–water partition coefficient (Wildman–Crippen LogP) is 6.66. The van der Waals surface area contributed by atoms with Crippen LogP contribution in [0, 0.1) is 0 Å². The first kappa shape index (κ1) is 20.7. The number of carbonyl (C=O) groups excluding carboxylic acids is 1. The van der Waals surface area contributed by atoms with Crippen molar-refractivity contribution in [2.45, 2.75) is 32.8 Å². The molecule has 3 aromatic carbocycles. The Hall–Kier alpha value is -2.98. The van der Waals surface area contributed by atoms with E-state index in [0.717, 1.165) is 5.56 Å². The summed E-state index contributed by atoms with van der Waals surface area (Å²) >= 11 is 6.13. The zero-order valence-corrected chi connectivity index (χ0v) is 17.4. The van der Waals surface area contributed by atoms with Crippen LogP contribution in [0.5, 0.6) is 17.2 Å². The molecular formula is C24H24ClNO3. The fraction of sp³-hybridized carbons (Fsp3) is 0.208. The van der Waals surface area contributed by atoms with Gasteiger partial charge in [-0.05, 0) is 54.8 Å². The average molecular weight is 410 g/mol. The number of rotatable bonds is 7. The summed E-state index contributed by atoms with van der Waals surface area (Å²) in [7, 11) is 0. The summed E-state index contributed by atoms with van der Waals surface area (Å²) in [6.07, 6.45) is -0.696. The van der Waals surface area contributed by atoms with E-state index in [1.807, 2.05) is 54.6 Å². The molecule has 3 rings (SSSR count). The van der Waals surface area contributed by atoms with Gasteiger partial charge in [0.2, 0.25) is 0 Å². The Bertz CT molecular complexity index is 973. The number of halogens is 1. The number of nitrogens with one attached hydrogen (secondary N) is 1. The van der Waals surface area contributed by atoms with Gasteiger partial charge >= 0.3 is 0 Å². The van der Waals surface area contributed by atoms with E-state index in [1.54, 1.807) is 25.1 Å². The number of hydrogen-bond acceptors (Lipinski definition) is 3. The van der Waals surface area contributed by atoms with Crippen molar-refractivity contribution in [2.75, 3.05) is 5.32 Å². The summed E-state index contributed by atoms with van der Waals surface area (Å²) in [6.45, 7) is 5.90. The fourth-order valence-electron chi connectivity index (χ4n) is 2.85. The number of para-hydroxylation sites is 2. The number of benzene rings is 3. The molecule has 0 saturated heterocycles. The summed E-state index contributed by atoms with van der Waals surface area (Å²) in [5.74, 6) is 1.88. The Morgan fingerprint density at radius 1 is 0.897 bits per heavy atom. The lowest BCUT2D eigenvalue weighted by Gasteiger charge is -2.19. The maximum Gasteiger partial charge on any atom is 0.265 e. The summed E-state index contributed by atoms with van der Waals surface area (Å²) in [5.41, 5.74) is 1.54. The molecule has 0 radical (unpaired) electrons. The quantitative estimate of drug-likeness (QED) is 0.474. The maximum absolute atomic E-state index is 12.8. The molecule has 0 aliphatic carbocycles. The molecule has 1 unspecified atom stereocenters. The van der Waals surface area contributed by atoms with Crippen molar-refractivity contribution >= 4 is 23.2 Å². The Balaban J connectivity index is 1.75. The summed E-state index contributed by atoms with van der Waals surface area (Å²) in [6, 6.07) is 22.2. The number of anilines is 1. The number of hydrogen-bond donors (Lipinski definition) is 1. The normalized spacial score (nSPS) is 11.8. The van der Waals surface area contributed by atoms with E-state index >= 15 is 0 Å². The van der Waals surface area contributed by atoms with Crippen LogP contribution in [0.3, 0.4) is 0 Å². The number of ether oxygens (including phenoxy) is 2. The van der Waals surface area contributed by atoms with E-state index < -0.39 is 6.10 Å². The summed E-state index contributed by atoms with van der Waals surface area (Å²) in [5, 5.41) is 3.37. The van der Waals surface area contributed by atoms with Crippen LogP contribution < -0.4 is 14.8 Å². The molecule has 1 amide bonds. The first-order valence-corrected chi connectivity index (χ1v) is 9.90. The third-order valence-electron chi connectivity index (χ3n) is 4.38. The van der Waals surface area contributed by atoms with Gasteiger partial charge in [-0.15, -0.1) is 0 Å². The van der Waals surface area contributed by atoms with E-state index in [-0.39, 0.29) is 5.91 Å². The van der Waals surface area contributed by atoms with Crippen molar-refractivity contribution in [1.29, 1.82) is 0 Å². The van der Waals surface area contributed by atoms with Gasteiger partial charge in [-0.3, -0.25) is 4.79 Å². The average Bonchev–Trinajstić information content (AvgIpc) is 2.71. The van der Waals surface area contributed by atoms with Gasteiger partial charge in [0.25, 0.3) is 5.91 Å². The second-order valence-corrected chi connectivity index (χ2v) is 7.43. The van der Waals surface area contributed by atoms with Crippen LogP contribution in [0.1, 0.15) is 32.3 Å². The second kappa shape index (κ2) is 9.48. The highest BCUT2D eigenvalue weighted by Crippen LogP contribution is 2.32. The summed E-state index contributed by atoms with van der Waals surface area (Å²) < 4.78 is 11.8. The van der Waals surface area contributed by atoms with Crippen molar-refractivity contribution in [3.8, 4) is 17.2 Å². The highest BCUT2D eigenvalue weighted by atomic mass is 35.5. The highest BCUT2D eigenvalue weighted by molar-refractivity contribution is 6.31. The van der Waals surface area contributed by atoms with Crippen molar-refractivity contribution in [3.63, 3.8) is 0 Å². The minimum atomic E-state index is -0.696. The monoisotopic (exact) mass is 409 g/mol. The molecule has 5 heteroatoms. The molecule has 3 aromatic rings. The SMILES string of the molecule is CC(Oc1ccccc1C(C)C)C(=O)Nc1cc(Cl)ccc1Oc1ccccc1. The summed E-state index contributed by atoms with van der Waals surface area (Å²) in [4.78, 5) is 12.8. The third-order valence-corrected chi connectivity index (χ3v) is 4.62. The van der Waals surface area contributed by atoms with Gasteiger partial charge in [0.15, 0.2) is 11.9 Å². The molecule has 1 N–H and O–H groups in total. The molecule has 4 nitrogen and oxygen atoms in total. The highest BCUT2D eigenvalue weighted by Gasteiger charge is 2.19. The van der Waals surface area contributed by atoms with Crippen LogP contribution in [-0.2, 0) is 4.79 Å². The van der Waals surface area contributed by atoms with Crippen molar-refractivity contribution in [2.24, 2.45) is 0 Å². The van der Waals surface area contributed by atoms with E-state index in [4.69, 9.17) is 21.1 Å². The van der Waals surface area contributed by atoms with Crippen molar-refractivity contribution in [3.05, 3.63) is 83.4 Å². The van der Waals surface area contributed by atoms with Crippen LogP contribution in [0.2, 0.25) is 5.02 Å². The van der Waals surface area contributed by atoms with Crippen LogP contribution >= 0.6 is 11.6 Å². The molecule has 0 aliphatic rings. The molecule has 0 bridgehead atoms. The molecule has 0 heterocycles. The van der Waals surface area contributed by atoms with E-state index in [2.05, 4.69) is 19.2 Å². The minimum absolute atomic E-state index is 0.288. The Morgan fingerprint density at radius 3 is 2.31 bits per heavy atom. The molecule has 0 aromatic heterocycles. The number of carbonyl (C=O) groups is 1. The molecular weight excluding hydrogens is 386 g/mol. The first-order chi connectivity index (χ1) is 13.9. The molecule has 0 fully saturated rings. The van der Waals surface area contributed by atoms with Crippen LogP contribution in [-0.4, -0.2) is 12.0 Å². The smallest absolute Gasteiger partial charge is 0.265 e. The van der Waals surface area contributed by atoms with Gasteiger partial charge in [-0.25, -0.2) is 0 Å². The lowest BCUT2D eigenvalue weighted by molar-refractivity contribution is -0.122. The maximum atomic E-state index is 12.8. The molecule has 1 atom stereocenters.